The number of thioether (sulfide) groups is 1. The third-order valence-corrected chi connectivity index (χ3v) is 3.68. The quantitative estimate of drug-likeness (QED) is 0.787. The van der Waals surface area contributed by atoms with E-state index in [0.717, 1.165) is 0 Å². The van der Waals surface area contributed by atoms with Crippen LogP contribution in [0.3, 0.4) is 0 Å². The Morgan fingerprint density at radius 2 is 2.35 bits per heavy atom. The minimum Gasteiger partial charge on any atom is -0.478 e. The van der Waals surface area contributed by atoms with Crippen LogP contribution in [0.25, 0.3) is 0 Å². The minimum absolute atomic E-state index is 0.0949. The van der Waals surface area contributed by atoms with E-state index in [2.05, 4.69) is 20.2 Å². The van der Waals surface area contributed by atoms with E-state index in [0.29, 0.717) is 20.9 Å². The summed E-state index contributed by atoms with van der Waals surface area (Å²) in [7, 11) is 0. The summed E-state index contributed by atoms with van der Waals surface area (Å²) in [5, 5.41) is 16.8. The van der Waals surface area contributed by atoms with Crippen molar-refractivity contribution < 1.29 is 9.90 Å². The number of hydrogen-bond donors (Lipinski definition) is 2. The highest BCUT2D eigenvalue weighted by Gasteiger charge is 2.12. The molecule has 0 aliphatic rings. The summed E-state index contributed by atoms with van der Waals surface area (Å²) in [4.78, 5) is 18.5. The van der Waals surface area contributed by atoms with Crippen LogP contribution in [0.5, 0.6) is 0 Å². The van der Waals surface area contributed by atoms with Gasteiger partial charge < -0.3 is 10.8 Å². The van der Waals surface area contributed by atoms with E-state index >= 15 is 0 Å². The summed E-state index contributed by atoms with van der Waals surface area (Å²) in [6.45, 7) is 0. The van der Waals surface area contributed by atoms with Gasteiger partial charge in [0.15, 0.2) is 4.34 Å². The highest BCUT2D eigenvalue weighted by atomic mass is 32.2. The van der Waals surface area contributed by atoms with Gasteiger partial charge in [-0.1, -0.05) is 23.1 Å². The zero-order valence-corrected chi connectivity index (χ0v) is 10.0. The third-order valence-electron chi connectivity index (χ3n) is 1.78. The van der Waals surface area contributed by atoms with Gasteiger partial charge in [0.1, 0.15) is 11.9 Å². The first-order valence-corrected chi connectivity index (χ1v) is 6.21. The van der Waals surface area contributed by atoms with Crippen molar-refractivity contribution in [3.8, 4) is 0 Å². The molecule has 0 unspecified atom stereocenters. The number of carbonyl (C=O) groups is 1. The number of carboxylic acid groups (broad SMARTS) is 1. The molecule has 0 amide bonds. The molecule has 0 spiro atoms. The molecule has 9 heteroatoms. The molecule has 2 heterocycles. The SMILES string of the molecule is Nc1nnc(SCc2ncncc2C(=O)O)s1. The lowest BCUT2D eigenvalue weighted by Gasteiger charge is -2.01. The molecular formula is C8H7N5O2S2. The number of nitrogens with zero attached hydrogens (tertiary/aromatic N) is 4. The Bertz CT molecular complexity index is 544. The minimum atomic E-state index is -1.04. The number of nitrogens with two attached hydrogens (primary N) is 1. The molecule has 0 aliphatic carbocycles. The van der Waals surface area contributed by atoms with Crippen LogP contribution in [-0.2, 0) is 5.75 Å². The van der Waals surface area contributed by atoms with Crippen LogP contribution < -0.4 is 5.73 Å². The lowest BCUT2D eigenvalue weighted by atomic mass is 10.2. The van der Waals surface area contributed by atoms with E-state index in [9.17, 15) is 4.79 Å². The van der Waals surface area contributed by atoms with Gasteiger partial charge in [-0.3, -0.25) is 0 Å². The molecule has 2 aromatic rings. The largest absolute Gasteiger partial charge is 0.478 e. The van der Waals surface area contributed by atoms with Crippen LogP contribution in [0, 0.1) is 0 Å². The highest BCUT2D eigenvalue weighted by Crippen LogP contribution is 2.26. The molecule has 0 atom stereocenters. The first-order chi connectivity index (χ1) is 8.16. The number of rotatable bonds is 4. The molecule has 17 heavy (non-hydrogen) atoms. The lowest BCUT2D eigenvalue weighted by Crippen LogP contribution is -2.04. The number of carboxylic acids is 1. The van der Waals surface area contributed by atoms with Crippen LogP contribution >= 0.6 is 23.1 Å². The summed E-state index contributed by atoms with van der Waals surface area (Å²) in [5.74, 6) is -0.656. The van der Waals surface area contributed by atoms with Crippen LogP contribution in [-0.4, -0.2) is 31.2 Å². The van der Waals surface area contributed by atoms with E-state index < -0.39 is 5.97 Å². The van der Waals surface area contributed by atoms with Crippen LogP contribution in [0.1, 0.15) is 16.1 Å². The van der Waals surface area contributed by atoms with E-state index in [4.69, 9.17) is 10.8 Å². The van der Waals surface area contributed by atoms with Gasteiger partial charge in [0, 0.05) is 11.9 Å². The van der Waals surface area contributed by atoms with Crippen molar-refractivity contribution in [2.45, 2.75) is 10.1 Å². The van der Waals surface area contributed by atoms with Crippen molar-refractivity contribution in [2.24, 2.45) is 0 Å². The van der Waals surface area contributed by atoms with Crippen molar-refractivity contribution in [2.75, 3.05) is 5.73 Å². The van der Waals surface area contributed by atoms with Crippen LogP contribution in [0.4, 0.5) is 5.13 Å². The van der Waals surface area contributed by atoms with Crippen molar-refractivity contribution in [1.29, 1.82) is 0 Å². The number of nitrogen functional groups attached to an aromatic ring is 1. The Balaban J connectivity index is 2.11. The molecule has 88 valence electrons. The van der Waals surface area contributed by atoms with E-state index in [-0.39, 0.29) is 5.56 Å². The average molecular weight is 269 g/mol. The van der Waals surface area contributed by atoms with Crippen LogP contribution in [0.15, 0.2) is 16.9 Å². The molecule has 2 rings (SSSR count). The van der Waals surface area contributed by atoms with Gasteiger partial charge in [-0.05, 0) is 0 Å². The monoisotopic (exact) mass is 269 g/mol. The molecular weight excluding hydrogens is 262 g/mol. The fourth-order valence-electron chi connectivity index (χ4n) is 1.06. The Morgan fingerprint density at radius 1 is 1.53 bits per heavy atom. The van der Waals surface area contributed by atoms with Gasteiger partial charge >= 0.3 is 5.97 Å². The third kappa shape index (κ3) is 2.88. The molecule has 0 bridgehead atoms. The molecule has 0 aliphatic heterocycles. The molecule has 0 radical (unpaired) electrons. The van der Waals surface area contributed by atoms with Crippen molar-refractivity contribution >= 4 is 34.2 Å². The molecule has 7 nitrogen and oxygen atoms in total. The lowest BCUT2D eigenvalue weighted by molar-refractivity contribution is 0.0695. The summed E-state index contributed by atoms with van der Waals surface area (Å²) >= 11 is 2.59. The molecule has 0 saturated carbocycles. The zero-order valence-electron chi connectivity index (χ0n) is 8.40. The maximum Gasteiger partial charge on any atom is 0.339 e. The smallest absolute Gasteiger partial charge is 0.339 e. The summed E-state index contributed by atoms with van der Waals surface area (Å²) < 4.78 is 0.678. The molecule has 0 saturated heterocycles. The fraction of sp³-hybridized carbons (Fsp3) is 0.125. The topological polar surface area (TPSA) is 115 Å². The maximum atomic E-state index is 10.9. The Hall–Kier alpha value is -1.74. The Morgan fingerprint density at radius 3 is 3.00 bits per heavy atom. The second kappa shape index (κ2) is 5.06. The van der Waals surface area contributed by atoms with Gasteiger partial charge in [-0.25, -0.2) is 14.8 Å². The fourth-order valence-corrected chi connectivity index (χ4v) is 2.66. The molecule has 3 N–H and O–H groups in total. The summed E-state index contributed by atoms with van der Waals surface area (Å²) in [5.41, 5.74) is 5.98. The standard InChI is InChI=1S/C8H7N5O2S2/c9-7-12-13-8(17-7)16-2-5-4(6(14)15)1-10-3-11-5/h1,3H,2H2,(H2,9,12)(H,14,15). The number of anilines is 1. The molecule has 0 fully saturated rings. The Labute approximate surface area is 104 Å². The highest BCUT2D eigenvalue weighted by molar-refractivity contribution is 8.00. The second-order valence-corrected chi connectivity index (χ2v) is 5.11. The first-order valence-electron chi connectivity index (χ1n) is 4.41. The van der Waals surface area contributed by atoms with Crippen molar-refractivity contribution in [3.05, 3.63) is 23.8 Å². The predicted octanol–water partition coefficient (Wildman–Crippen LogP) is 0.901. The van der Waals surface area contributed by atoms with E-state index in [1.165, 1.54) is 35.6 Å². The van der Waals surface area contributed by atoms with Gasteiger partial charge in [0.05, 0.1) is 5.69 Å². The predicted molar refractivity (Wildman–Crippen MR) is 62.9 cm³/mol. The van der Waals surface area contributed by atoms with Gasteiger partial charge in [-0.2, -0.15) is 0 Å². The van der Waals surface area contributed by atoms with E-state index in [1.807, 2.05) is 0 Å². The van der Waals surface area contributed by atoms with Gasteiger partial charge in [-0.15, -0.1) is 10.2 Å². The molecule has 2 aromatic heterocycles. The molecule has 0 aromatic carbocycles. The maximum absolute atomic E-state index is 10.9. The van der Waals surface area contributed by atoms with Crippen molar-refractivity contribution in [3.63, 3.8) is 0 Å². The van der Waals surface area contributed by atoms with Crippen molar-refractivity contribution in [1.82, 2.24) is 20.2 Å². The number of aromatic nitrogens is 4. The summed E-state index contributed by atoms with van der Waals surface area (Å²) in [6.07, 6.45) is 2.59. The number of hydrogen-bond acceptors (Lipinski definition) is 8. The van der Waals surface area contributed by atoms with E-state index in [1.54, 1.807) is 0 Å². The van der Waals surface area contributed by atoms with Crippen LogP contribution in [0.2, 0.25) is 0 Å². The first kappa shape index (κ1) is 11.7. The Kier molecular flexibility index (Phi) is 3.49. The zero-order chi connectivity index (χ0) is 12.3. The second-order valence-electron chi connectivity index (χ2n) is 2.88. The summed E-state index contributed by atoms with van der Waals surface area (Å²) in [6, 6.07) is 0. The average Bonchev–Trinajstić information content (AvgIpc) is 2.73. The normalized spacial score (nSPS) is 10.4. The van der Waals surface area contributed by atoms with Gasteiger partial charge in [0.25, 0.3) is 0 Å². The number of aromatic carboxylic acids is 1. The van der Waals surface area contributed by atoms with Gasteiger partial charge in [0.2, 0.25) is 5.13 Å².